The van der Waals surface area contributed by atoms with Gasteiger partial charge in [0.25, 0.3) is 5.69 Å². The average Bonchev–Trinajstić information content (AvgIpc) is 2.36. The molecule has 0 heterocycles. The minimum absolute atomic E-state index is 0.0389. The molecule has 0 unspecified atom stereocenters. The number of nitro groups is 1. The number of aliphatic hydroxyl groups excluding tert-OH is 1. The van der Waals surface area contributed by atoms with Gasteiger partial charge in [-0.2, -0.15) is 0 Å². The van der Waals surface area contributed by atoms with Gasteiger partial charge in [-0.1, -0.05) is 0 Å². The molecule has 0 radical (unpaired) electrons. The Bertz CT molecular complexity index is 638. The molecule has 22 heavy (non-hydrogen) atoms. The van der Waals surface area contributed by atoms with Crippen molar-refractivity contribution in [2.45, 2.75) is 37.6 Å². The number of nitro benzene ring substituents is 1. The van der Waals surface area contributed by atoms with Crippen molar-refractivity contribution in [1.29, 1.82) is 0 Å². The lowest BCUT2D eigenvalue weighted by Gasteiger charge is -2.20. The molecule has 0 saturated heterocycles. The zero-order valence-electron chi connectivity index (χ0n) is 12.8. The molecule has 0 amide bonds. The Kier molecular flexibility index (Phi) is 5.86. The summed E-state index contributed by atoms with van der Waals surface area (Å²) < 4.78 is 26.9. The predicted molar refractivity (Wildman–Crippen MR) is 83.4 cm³/mol. The van der Waals surface area contributed by atoms with E-state index in [0.29, 0.717) is 13.0 Å². The monoisotopic (exact) mass is 331 g/mol. The highest BCUT2D eigenvalue weighted by Crippen LogP contribution is 2.28. The molecule has 0 bridgehead atoms. The fraction of sp³-hybridized carbons (Fsp3) is 0.538. The zero-order chi connectivity index (χ0) is 17.0. The molecule has 1 aromatic rings. The van der Waals surface area contributed by atoms with E-state index < -0.39 is 20.5 Å². The third kappa shape index (κ3) is 5.24. The molecule has 0 saturated carbocycles. The summed E-state index contributed by atoms with van der Waals surface area (Å²) >= 11 is 0. The Morgan fingerprint density at radius 3 is 2.45 bits per heavy atom. The third-order valence-corrected chi connectivity index (χ3v) is 4.32. The van der Waals surface area contributed by atoms with Crippen LogP contribution in [0.3, 0.4) is 0 Å². The van der Waals surface area contributed by atoms with Gasteiger partial charge >= 0.3 is 0 Å². The van der Waals surface area contributed by atoms with Gasteiger partial charge in [-0.05, 0) is 39.3 Å². The second kappa shape index (κ2) is 7.03. The molecule has 124 valence electrons. The molecule has 0 aromatic heterocycles. The van der Waals surface area contributed by atoms with Gasteiger partial charge in [-0.15, -0.1) is 0 Å². The highest BCUT2D eigenvalue weighted by Gasteiger charge is 2.25. The number of nitrogens with one attached hydrogen (secondary N) is 2. The van der Waals surface area contributed by atoms with E-state index in [2.05, 4.69) is 10.0 Å². The Morgan fingerprint density at radius 2 is 1.95 bits per heavy atom. The largest absolute Gasteiger partial charge is 0.396 e. The second-order valence-electron chi connectivity index (χ2n) is 5.80. The van der Waals surface area contributed by atoms with Crippen molar-refractivity contribution < 1.29 is 18.4 Å². The molecule has 1 aromatic carbocycles. The number of hydrogen-bond acceptors (Lipinski definition) is 6. The summed E-state index contributed by atoms with van der Waals surface area (Å²) in [5.74, 6) is 0. The van der Waals surface area contributed by atoms with Crippen molar-refractivity contribution in [3.05, 3.63) is 28.3 Å². The number of nitrogens with zero attached hydrogens (tertiary/aromatic N) is 1. The van der Waals surface area contributed by atoms with Crippen molar-refractivity contribution in [2.24, 2.45) is 0 Å². The summed E-state index contributed by atoms with van der Waals surface area (Å²) in [6, 6.07) is 3.68. The maximum absolute atomic E-state index is 12.2. The minimum Gasteiger partial charge on any atom is -0.396 e. The van der Waals surface area contributed by atoms with Crippen LogP contribution in [-0.4, -0.2) is 37.1 Å². The van der Waals surface area contributed by atoms with Gasteiger partial charge < -0.3 is 10.4 Å². The van der Waals surface area contributed by atoms with Crippen LogP contribution in [0.15, 0.2) is 23.1 Å². The van der Waals surface area contributed by atoms with Crippen molar-refractivity contribution in [1.82, 2.24) is 4.72 Å². The SMILES string of the molecule is CC(C)(C)NS(=O)(=O)c1ccc(NCCCO)c([N+](=O)[O-])c1. The smallest absolute Gasteiger partial charge is 0.293 e. The normalized spacial score (nSPS) is 12.2. The fourth-order valence-electron chi connectivity index (χ4n) is 1.74. The molecule has 0 fully saturated rings. The number of sulfonamides is 1. The van der Waals surface area contributed by atoms with Crippen molar-refractivity contribution in [3.63, 3.8) is 0 Å². The summed E-state index contributed by atoms with van der Waals surface area (Å²) in [4.78, 5) is 10.3. The Hall–Kier alpha value is -1.71. The molecule has 3 N–H and O–H groups in total. The molecule has 0 atom stereocenters. The summed E-state index contributed by atoms with van der Waals surface area (Å²) in [6.45, 7) is 5.36. The number of hydrogen-bond donors (Lipinski definition) is 3. The number of anilines is 1. The van der Waals surface area contributed by atoms with Crippen molar-refractivity contribution >= 4 is 21.4 Å². The van der Waals surface area contributed by atoms with Crippen molar-refractivity contribution in [3.8, 4) is 0 Å². The predicted octanol–water partition coefficient (Wildman–Crippen LogP) is 1.47. The molecule has 8 nitrogen and oxygen atoms in total. The van der Waals surface area contributed by atoms with E-state index in [9.17, 15) is 18.5 Å². The number of benzene rings is 1. The highest BCUT2D eigenvalue weighted by molar-refractivity contribution is 7.89. The highest BCUT2D eigenvalue weighted by atomic mass is 32.2. The fourth-order valence-corrected chi connectivity index (χ4v) is 3.18. The first-order chi connectivity index (χ1) is 10.1. The third-order valence-electron chi connectivity index (χ3n) is 2.57. The first kappa shape index (κ1) is 18.3. The maximum Gasteiger partial charge on any atom is 0.293 e. The van der Waals surface area contributed by atoms with Gasteiger partial charge in [-0.25, -0.2) is 13.1 Å². The van der Waals surface area contributed by atoms with E-state index in [4.69, 9.17) is 5.11 Å². The van der Waals surface area contributed by atoms with Crippen LogP contribution in [0.25, 0.3) is 0 Å². The van der Waals surface area contributed by atoms with Gasteiger partial charge in [0.05, 0.1) is 9.82 Å². The van der Waals surface area contributed by atoms with Crippen LogP contribution >= 0.6 is 0 Å². The summed E-state index contributed by atoms with van der Waals surface area (Å²) in [5, 5.41) is 22.6. The van der Waals surface area contributed by atoms with E-state index in [1.165, 1.54) is 12.1 Å². The minimum atomic E-state index is -3.84. The van der Waals surface area contributed by atoms with Gasteiger partial charge in [0.2, 0.25) is 10.0 Å². The van der Waals surface area contributed by atoms with Gasteiger partial charge in [0, 0.05) is 24.8 Å². The maximum atomic E-state index is 12.2. The quantitative estimate of drug-likeness (QED) is 0.395. The average molecular weight is 331 g/mol. The molecule has 1 rings (SSSR count). The van der Waals surface area contributed by atoms with E-state index >= 15 is 0 Å². The topological polar surface area (TPSA) is 122 Å². The Labute approximate surface area is 129 Å². The van der Waals surface area contributed by atoms with Crippen LogP contribution in [-0.2, 0) is 10.0 Å². The Morgan fingerprint density at radius 1 is 1.32 bits per heavy atom. The molecule has 0 aliphatic rings. The van der Waals surface area contributed by atoms with E-state index in [-0.39, 0.29) is 22.9 Å². The summed E-state index contributed by atoms with van der Waals surface area (Å²) in [7, 11) is -3.84. The lowest BCUT2D eigenvalue weighted by atomic mass is 10.1. The van der Waals surface area contributed by atoms with Gasteiger partial charge in [0.15, 0.2) is 0 Å². The van der Waals surface area contributed by atoms with Gasteiger partial charge in [0.1, 0.15) is 5.69 Å². The Balaban J connectivity index is 3.15. The van der Waals surface area contributed by atoms with Gasteiger partial charge in [-0.3, -0.25) is 10.1 Å². The van der Waals surface area contributed by atoms with E-state index in [1.54, 1.807) is 20.8 Å². The van der Waals surface area contributed by atoms with Crippen LogP contribution < -0.4 is 10.0 Å². The van der Waals surface area contributed by atoms with Crippen LogP contribution in [0, 0.1) is 10.1 Å². The van der Waals surface area contributed by atoms with Crippen LogP contribution in [0.2, 0.25) is 0 Å². The first-order valence-corrected chi connectivity index (χ1v) is 8.22. The van der Waals surface area contributed by atoms with Crippen LogP contribution in [0.4, 0.5) is 11.4 Å². The summed E-state index contributed by atoms with van der Waals surface area (Å²) in [5.41, 5.74) is -0.797. The van der Waals surface area contributed by atoms with E-state index in [0.717, 1.165) is 6.07 Å². The molecular weight excluding hydrogens is 310 g/mol. The molecule has 0 aliphatic heterocycles. The lowest BCUT2D eigenvalue weighted by molar-refractivity contribution is -0.384. The summed E-state index contributed by atoms with van der Waals surface area (Å²) in [6.07, 6.45) is 0.433. The van der Waals surface area contributed by atoms with Crippen LogP contribution in [0.1, 0.15) is 27.2 Å². The molecular formula is C13H21N3O5S. The first-order valence-electron chi connectivity index (χ1n) is 6.74. The number of rotatable bonds is 7. The standard InChI is InChI=1S/C13H21N3O5S/c1-13(2,3)15-22(20,21)10-5-6-11(14-7-4-8-17)12(9-10)16(18)19/h5-6,9,14-15,17H,4,7-8H2,1-3H3. The zero-order valence-corrected chi connectivity index (χ0v) is 13.6. The molecule has 0 spiro atoms. The molecule has 9 heteroatoms. The second-order valence-corrected chi connectivity index (χ2v) is 7.48. The lowest BCUT2D eigenvalue weighted by Crippen LogP contribution is -2.40. The number of aliphatic hydroxyl groups is 1. The van der Waals surface area contributed by atoms with E-state index in [1.807, 2.05) is 0 Å². The molecule has 0 aliphatic carbocycles. The van der Waals surface area contributed by atoms with Crippen LogP contribution in [0.5, 0.6) is 0 Å². The van der Waals surface area contributed by atoms with Crippen molar-refractivity contribution in [2.75, 3.05) is 18.5 Å².